The van der Waals surface area contributed by atoms with E-state index in [1.165, 1.54) is 44.9 Å². The first kappa shape index (κ1) is 58.1. The van der Waals surface area contributed by atoms with E-state index in [0.717, 1.165) is 89.9 Å². The van der Waals surface area contributed by atoms with Crippen molar-refractivity contribution >= 4 is 5.97 Å². The molecule has 0 bridgehead atoms. The van der Waals surface area contributed by atoms with E-state index >= 15 is 0 Å². The largest absolute Gasteiger partial charge is 0.457 e. The molecule has 0 aromatic heterocycles. The van der Waals surface area contributed by atoms with Gasteiger partial charge in [0.05, 0.1) is 26.4 Å². The van der Waals surface area contributed by atoms with Crippen molar-refractivity contribution in [3.63, 3.8) is 0 Å². The van der Waals surface area contributed by atoms with Crippen LogP contribution >= 0.6 is 0 Å². The SMILES string of the molecule is CCC/C=C\C/C=C\CCCCCCCCOCC(COC1OC(COC2OC(CO)C(O)C(O)C2O)C(O)C(O)C1O)OC(=O)CCCCCCC/C=C\C/C=C\CCCCCC. The minimum atomic E-state index is -1.71. The predicted molar refractivity (Wildman–Crippen MR) is 247 cm³/mol. The first-order valence-electron chi connectivity index (χ1n) is 24.7. The van der Waals surface area contributed by atoms with Crippen LogP contribution in [0.1, 0.15) is 162 Å². The Kier molecular flexibility index (Phi) is 34.5. The van der Waals surface area contributed by atoms with Crippen LogP contribution < -0.4 is 0 Å². The van der Waals surface area contributed by atoms with E-state index in [0.29, 0.717) is 13.0 Å². The molecule has 0 aromatic rings. The average molecular weight is 913 g/mol. The fourth-order valence-electron chi connectivity index (χ4n) is 7.47. The molecule has 11 unspecified atom stereocenters. The zero-order chi connectivity index (χ0) is 46.6. The third kappa shape index (κ3) is 25.7. The van der Waals surface area contributed by atoms with Gasteiger partial charge in [0.2, 0.25) is 0 Å². The molecule has 14 nitrogen and oxygen atoms in total. The predicted octanol–water partition coefficient (Wildman–Crippen LogP) is 6.79. The minimum Gasteiger partial charge on any atom is -0.457 e. The molecule has 0 amide bonds. The molecule has 2 saturated heterocycles. The molecule has 2 aliphatic heterocycles. The monoisotopic (exact) mass is 913 g/mol. The number of allylic oxidation sites excluding steroid dienone is 8. The molecule has 0 aromatic carbocycles. The van der Waals surface area contributed by atoms with Gasteiger partial charge in [-0.3, -0.25) is 4.79 Å². The molecule has 372 valence electrons. The van der Waals surface area contributed by atoms with E-state index in [4.69, 9.17) is 28.4 Å². The lowest BCUT2D eigenvalue weighted by molar-refractivity contribution is -0.332. The summed E-state index contributed by atoms with van der Waals surface area (Å²) in [5, 5.41) is 72.0. The maximum atomic E-state index is 13.0. The molecule has 2 rings (SSSR count). The maximum absolute atomic E-state index is 13.0. The van der Waals surface area contributed by atoms with E-state index in [-0.39, 0.29) is 19.6 Å². The molecular formula is C50H88O14. The Labute approximate surface area is 384 Å². The van der Waals surface area contributed by atoms with Crippen molar-refractivity contribution in [3.05, 3.63) is 48.6 Å². The van der Waals surface area contributed by atoms with Gasteiger partial charge in [-0.05, 0) is 70.6 Å². The lowest BCUT2D eigenvalue weighted by atomic mass is 9.98. The van der Waals surface area contributed by atoms with Gasteiger partial charge in [0.15, 0.2) is 12.6 Å². The van der Waals surface area contributed by atoms with Crippen molar-refractivity contribution in [1.29, 1.82) is 0 Å². The molecule has 2 heterocycles. The van der Waals surface area contributed by atoms with Crippen molar-refractivity contribution in [2.45, 2.75) is 229 Å². The van der Waals surface area contributed by atoms with Crippen molar-refractivity contribution in [2.75, 3.05) is 33.0 Å². The second kappa shape index (κ2) is 38.0. The number of ether oxygens (including phenoxy) is 6. The summed E-state index contributed by atoms with van der Waals surface area (Å²) in [4.78, 5) is 13.0. The number of unbranched alkanes of at least 4 members (excludes halogenated alkanes) is 16. The van der Waals surface area contributed by atoms with Crippen LogP contribution in [-0.2, 0) is 33.2 Å². The average Bonchev–Trinajstić information content (AvgIpc) is 3.29. The van der Waals surface area contributed by atoms with Gasteiger partial charge in [-0.2, -0.15) is 0 Å². The summed E-state index contributed by atoms with van der Waals surface area (Å²) < 4.78 is 34.2. The number of aliphatic hydroxyl groups excluding tert-OH is 7. The van der Waals surface area contributed by atoms with Gasteiger partial charge < -0.3 is 64.2 Å². The molecular weight excluding hydrogens is 825 g/mol. The fourth-order valence-corrected chi connectivity index (χ4v) is 7.47. The van der Waals surface area contributed by atoms with Gasteiger partial charge in [0.1, 0.15) is 54.9 Å². The second-order valence-corrected chi connectivity index (χ2v) is 17.3. The summed E-state index contributed by atoms with van der Waals surface area (Å²) in [6.07, 6.45) is 26.0. The van der Waals surface area contributed by atoms with Crippen LogP contribution in [0.5, 0.6) is 0 Å². The molecule has 7 N–H and O–H groups in total. The van der Waals surface area contributed by atoms with Gasteiger partial charge in [0, 0.05) is 13.0 Å². The highest BCUT2D eigenvalue weighted by atomic mass is 16.7. The molecule has 11 atom stereocenters. The number of hydrogen-bond donors (Lipinski definition) is 7. The van der Waals surface area contributed by atoms with Crippen LogP contribution in [0.2, 0.25) is 0 Å². The van der Waals surface area contributed by atoms with Gasteiger partial charge >= 0.3 is 5.97 Å². The maximum Gasteiger partial charge on any atom is 0.306 e. The second-order valence-electron chi connectivity index (χ2n) is 17.3. The fraction of sp³-hybridized carbons (Fsp3) is 0.820. The Morgan fingerprint density at radius 3 is 1.56 bits per heavy atom. The Morgan fingerprint density at radius 1 is 0.516 bits per heavy atom. The summed E-state index contributed by atoms with van der Waals surface area (Å²) in [5.41, 5.74) is 0. The highest BCUT2D eigenvalue weighted by molar-refractivity contribution is 5.69. The van der Waals surface area contributed by atoms with E-state index in [1.54, 1.807) is 0 Å². The molecule has 0 saturated carbocycles. The number of hydrogen-bond acceptors (Lipinski definition) is 14. The standard InChI is InChI=1S/C50H88O14/c1-3-5-7-9-11-13-15-17-19-20-21-23-25-27-29-31-33-42(52)62-39(36-59-34-32-30-28-26-24-22-18-16-14-12-10-8-6-4-2)37-60-49-48(58)46(56)44(54)41(64-49)38-61-50-47(57)45(55)43(53)40(35-51)63-50/h8,10,13-16,19-20,39-41,43-51,53-58H,3-7,9,11-12,17-18,21-38H2,1-2H3/b10-8-,15-13-,16-14-,20-19-. The first-order valence-corrected chi connectivity index (χ1v) is 24.7. The highest BCUT2D eigenvalue weighted by Crippen LogP contribution is 2.26. The van der Waals surface area contributed by atoms with Crippen LogP contribution in [0.15, 0.2) is 48.6 Å². The summed E-state index contributed by atoms with van der Waals surface area (Å²) >= 11 is 0. The summed E-state index contributed by atoms with van der Waals surface area (Å²) in [6, 6.07) is 0. The van der Waals surface area contributed by atoms with Gasteiger partial charge in [-0.15, -0.1) is 0 Å². The normalized spacial score (nSPS) is 27.1. The Morgan fingerprint density at radius 2 is 1.00 bits per heavy atom. The molecule has 2 aliphatic rings. The zero-order valence-electron chi connectivity index (χ0n) is 39.3. The molecule has 2 fully saturated rings. The van der Waals surface area contributed by atoms with Crippen LogP contribution in [0, 0.1) is 0 Å². The number of esters is 1. The van der Waals surface area contributed by atoms with Crippen molar-refractivity contribution < 1.29 is 69.0 Å². The zero-order valence-corrected chi connectivity index (χ0v) is 39.3. The quantitative estimate of drug-likeness (QED) is 0.0193. The minimum absolute atomic E-state index is 0.0472. The van der Waals surface area contributed by atoms with Crippen molar-refractivity contribution in [3.8, 4) is 0 Å². The number of carbonyl (C=O) groups excluding carboxylic acids is 1. The smallest absolute Gasteiger partial charge is 0.306 e. The van der Waals surface area contributed by atoms with Gasteiger partial charge in [0.25, 0.3) is 0 Å². The summed E-state index contributed by atoms with van der Waals surface area (Å²) in [6.45, 7) is 3.55. The summed E-state index contributed by atoms with van der Waals surface area (Å²) in [7, 11) is 0. The Bertz CT molecular complexity index is 1240. The molecule has 64 heavy (non-hydrogen) atoms. The molecule has 0 spiro atoms. The highest BCUT2D eigenvalue weighted by Gasteiger charge is 2.47. The van der Waals surface area contributed by atoms with Gasteiger partial charge in [-0.25, -0.2) is 0 Å². The van der Waals surface area contributed by atoms with Crippen LogP contribution in [-0.4, -0.2) is 142 Å². The van der Waals surface area contributed by atoms with Crippen LogP contribution in [0.3, 0.4) is 0 Å². The third-order valence-electron chi connectivity index (χ3n) is 11.5. The first-order chi connectivity index (χ1) is 31.1. The number of carbonyl (C=O) groups is 1. The molecule has 0 aliphatic carbocycles. The van der Waals surface area contributed by atoms with E-state index in [9.17, 15) is 40.5 Å². The number of aliphatic hydroxyl groups is 7. The van der Waals surface area contributed by atoms with Gasteiger partial charge in [-0.1, -0.05) is 133 Å². The lowest BCUT2D eigenvalue weighted by Crippen LogP contribution is -2.61. The van der Waals surface area contributed by atoms with Crippen molar-refractivity contribution in [2.24, 2.45) is 0 Å². The van der Waals surface area contributed by atoms with Crippen molar-refractivity contribution in [1.82, 2.24) is 0 Å². The van der Waals surface area contributed by atoms with Crippen LogP contribution in [0.4, 0.5) is 0 Å². The van der Waals surface area contributed by atoms with E-state index in [1.807, 2.05) is 0 Å². The summed E-state index contributed by atoms with van der Waals surface area (Å²) in [5.74, 6) is -0.396. The topological polar surface area (TPSA) is 214 Å². The molecule has 0 radical (unpaired) electrons. The van der Waals surface area contributed by atoms with Crippen LogP contribution in [0.25, 0.3) is 0 Å². The third-order valence-corrected chi connectivity index (χ3v) is 11.5. The Hall–Kier alpha value is -2.05. The number of rotatable bonds is 38. The van der Waals surface area contributed by atoms with E-state index in [2.05, 4.69) is 62.5 Å². The molecule has 14 heteroatoms. The Balaban J connectivity index is 1.80. The van der Waals surface area contributed by atoms with E-state index < -0.39 is 86.7 Å². The lowest BCUT2D eigenvalue weighted by Gasteiger charge is -2.42.